The van der Waals surface area contributed by atoms with Crippen molar-refractivity contribution in [3.8, 4) is 0 Å². The van der Waals surface area contributed by atoms with E-state index in [2.05, 4.69) is 52.0 Å². The molecule has 0 aliphatic carbocycles. The van der Waals surface area contributed by atoms with Gasteiger partial charge in [0.1, 0.15) is 0 Å². The Morgan fingerprint density at radius 1 is 1.09 bits per heavy atom. The Morgan fingerprint density at radius 3 is 2.23 bits per heavy atom. The molecule has 1 rings (SSSR count). The largest absolute Gasteiger partial charge is 0.253 e. The molecule has 1 heteroatoms. The molecule has 0 atom stereocenters. The SMILES string of the molecule is C\C=C/C=C\C(C)=N\C(=C(/C)CC)c1ccc(C(C)C)cc1. The molecule has 0 bridgehead atoms. The van der Waals surface area contributed by atoms with E-state index in [1.807, 2.05) is 38.2 Å². The fourth-order valence-electron chi connectivity index (χ4n) is 2.12. The first-order valence-corrected chi connectivity index (χ1v) is 8.14. The fourth-order valence-corrected chi connectivity index (χ4v) is 2.12. The number of hydrogen-bond acceptors (Lipinski definition) is 1. The molecule has 0 heterocycles. The summed E-state index contributed by atoms with van der Waals surface area (Å²) in [7, 11) is 0. The van der Waals surface area contributed by atoms with E-state index in [0.717, 1.165) is 17.8 Å². The van der Waals surface area contributed by atoms with Gasteiger partial charge in [-0.25, -0.2) is 0 Å². The predicted molar refractivity (Wildman–Crippen MR) is 100 cm³/mol. The first-order chi connectivity index (χ1) is 10.5. The molecule has 0 aromatic heterocycles. The van der Waals surface area contributed by atoms with E-state index >= 15 is 0 Å². The summed E-state index contributed by atoms with van der Waals surface area (Å²) < 4.78 is 0. The minimum atomic E-state index is 0.558. The molecule has 0 radical (unpaired) electrons. The zero-order valence-corrected chi connectivity index (χ0v) is 14.9. The van der Waals surface area contributed by atoms with Gasteiger partial charge in [-0.1, -0.05) is 63.3 Å². The van der Waals surface area contributed by atoms with Gasteiger partial charge in [0.25, 0.3) is 0 Å². The van der Waals surface area contributed by atoms with Crippen LogP contribution in [0.5, 0.6) is 0 Å². The molecule has 0 saturated carbocycles. The summed E-state index contributed by atoms with van der Waals surface area (Å²) >= 11 is 0. The maximum atomic E-state index is 4.84. The summed E-state index contributed by atoms with van der Waals surface area (Å²) in [5.74, 6) is 0.558. The van der Waals surface area contributed by atoms with E-state index < -0.39 is 0 Å². The Balaban J connectivity index is 3.17. The van der Waals surface area contributed by atoms with Crippen LogP contribution in [0.15, 0.2) is 59.1 Å². The molecular weight excluding hydrogens is 266 g/mol. The first-order valence-electron chi connectivity index (χ1n) is 8.14. The molecule has 0 N–H and O–H groups in total. The smallest absolute Gasteiger partial charge is 0.0694 e. The maximum absolute atomic E-state index is 4.84. The lowest BCUT2D eigenvalue weighted by atomic mass is 9.99. The Kier molecular flexibility index (Phi) is 7.59. The van der Waals surface area contributed by atoms with E-state index in [-0.39, 0.29) is 0 Å². The van der Waals surface area contributed by atoms with Gasteiger partial charge in [-0.15, -0.1) is 0 Å². The zero-order valence-electron chi connectivity index (χ0n) is 14.9. The molecule has 1 aromatic carbocycles. The van der Waals surface area contributed by atoms with Crippen molar-refractivity contribution in [1.29, 1.82) is 0 Å². The van der Waals surface area contributed by atoms with Gasteiger partial charge in [0.2, 0.25) is 0 Å². The quantitative estimate of drug-likeness (QED) is 0.417. The standard InChI is InChI=1S/C21H29N/c1-7-9-10-11-18(6)22-21(17(5)8-2)20-14-12-19(13-15-20)16(3)4/h7,9-16H,8H2,1-6H3/b9-7-,11-10-,21-17+,22-18+. The van der Waals surface area contributed by atoms with E-state index in [1.54, 1.807) is 0 Å². The summed E-state index contributed by atoms with van der Waals surface area (Å²) in [5.41, 5.74) is 6.00. The van der Waals surface area contributed by atoms with Crippen molar-refractivity contribution in [2.24, 2.45) is 4.99 Å². The third-order valence-corrected chi connectivity index (χ3v) is 3.71. The van der Waals surface area contributed by atoms with Gasteiger partial charge in [0.15, 0.2) is 0 Å². The van der Waals surface area contributed by atoms with Crippen molar-refractivity contribution >= 4 is 11.4 Å². The second kappa shape index (κ2) is 9.19. The molecule has 0 unspecified atom stereocenters. The maximum Gasteiger partial charge on any atom is 0.0694 e. The number of benzene rings is 1. The highest BCUT2D eigenvalue weighted by Crippen LogP contribution is 2.24. The first kappa shape index (κ1) is 18.2. The average molecular weight is 295 g/mol. The van der Waals surface area contributed by atoms with Crippen molar-refractivity contribution in [2.75, 3.05) is 0 Å². The molecule has 118 valence electrons. The lowest BCUT2D eigenvalue weighted by Gasteiger charge is -2.10. The van der Waals surface area contributed by atoms with E-state index in [9.17, 15) is 0 Å². The van der Waals surface area contributed by atoms with Gasteiger partial charge in [0.05, 0.1) is 5.70 Å². The number of aliphatic imine (C=N–C) groups is 1. The highest BCUT2D eigenvalue weighted by atomic mass is 14.8. The lowest BCUT2D eigenvalue weighted by molar-refractivity contribution is 0.866. The summed E-state index contributed by atoms with van der Waals surface area (Å²) in [4.78, 5) is 4.84. The topological polar surface area (TPSA) is 12.4 Å². The van der Waals surface area contributed by atoms with Crippen LogP contribution in [-0.4, -0.2) is 5.71 Å². The Hall–Kier alpha value is -1.89. The number of allylic oxidation sites excluding steroid dienone is 5. The fraction of sp³-hybridized carbons (Fsp3) is 0.381. The second-order valence-corrected chi connectivity index (χ2v) is 5.90. The van der Waals surface area contributed by atoms with Crippen LogP contribution in [0.2, 0.25) is 0 Å². The summed E-state index contributed by atoms with van der Waals surface area (Å²) in [5, 5.41) is 0. The zero-order chi connectivity index (χ0) is 16.5. The van der Waals surface area contributed by atoms with Crippen LogP contribution in [0.3, 0.4) is 0 Å². The van der Waals surface area contributed by atoms with Crippen molar-refractivity contribution in [2.45, 2.75) is 53.9 Å². The third kappa shape index (κ3) is 5.48. The lowest BCUT2D eigenvalue weighted by Crippen LogP contribution is -1.93. The van der Waals surface area contributed by atoms with E-state index in [0.29, 0.717) is 5.92 Å². The Morgan fingerprint density at radius 2 is 1.73 bits per heavy atom. The van der Waals surface area contributed by atoms with Crippen LogP contribution in [0.25, 0.3) is 5.70 Å². The van der Waals surface area contributed by atoms with Gasteiger partial charge < -0.3 is 0 Å². The van der Waals surface area contributed by atoms with Gasteiger partial charge in [0, 0.05) is 11.3 Å². The molecule has 0 fully saturated rings. The molecule has 1 nitrogen and oxygen atoms in total. The van der Waals surface area contributed by atoms with Crippen LogP contribution in [0, 0.1) is 0 Å². The van der Waals surface area contributed by atoms with Gasteiger partial charge in [-0.3, -0.25) is 4.99 Å². The van der Waals surface area contributed by atoms with Crippen LogP contribution < -0.4 is 0 Å². The van der Waals surface area contributed by atoms with Gasteiger partial charge in [-0.2, -0.15) is 0 Å². The molecule has 0 aliphatic heterocycles. The van der Waals surface area contributed by atoms with Crippen LogP contribution in [0.4, 0.5) is 0 Å². The molecule has 0 saturated heterocycles. The minimum Gasteiger partial charge on any atom is -0.253 e. The summed E-state index contributed by atoms with van der Waals surface area (Å²) in [6, 6.07) is 8.80. The summed E-state index contributed by atoms with van der Waals surface area (Å²) in [6.45, 7) is 12.8. The molecule has 1 aromatic rings. The third-order valence-electron chi connectivity index (χ3n) is 3.71. The Bertz CT molecular complexity index is 581. The molecular formula is C21H29N. The highest BCUT2D eigenvalue weighted by molar-refractivity contribution is 5.97. The predicted octanol–water partition coefficient (Wildman–Crippen LogP) is 6.54. The monoisotopic (exact) mass is 295 g/mol. The minimum absolute atomic E-state index is 0.558. The van der Waals surface area contributed by atoms with Crippen molar-refractivity contribution in [1.82, 2.24) is 0 Å². The normalized spacial score (nSPS) is 14.2. The number of hydrogen-bond donors (Lipinski definition) is 0. The van der Waals surface area contributed by atoms with Crippen LogP contribution in [0.1, 0.15) is 65.0 Å². The van der Waals surface area contributed by atoms with Crippen LogP contribution >= 0.6 is 0 Å². The molecule has 0 spiro atoms. The van der Waals surface area contributed by atoms with Crippen molar-refractivity contribution < 1.29 is 0 Å². The highest BCUT2D eigenvalue weighted by Gasteiger charge is 2.06. The average Bonchev–Trinajstić information content (AvgIpc) is 2.52. The molecule has 0 aliphatic rings. The van der Waals surface area contributed by atoms with E-state index in [4.69, 9.17) is 4.99 Å². The van der Waals surface area contributed by atoms with E-state index in [1.165, 1.54) is 16.7 Å². The number of nitrogens with zero attached hydrogens (tertiary/aromatic N) is 1. The second-order valence-electron chi connectivity index (χ2n) is 5.90. The number of rotatable bonds is 6. The van der Waals surface area contributed by atoms with Crippen LogP contribution in [-0.2, 0) is 0 Å². The van der Waals surface area contributed by atoms with Crippen molar-refractivity contribution in [3.63, 3.8) is 0 Å². The Labute approximate surface area is 136 Å². The summed E-state index contributed by atoms with van der Waals surface area (Å²) in [6.07, 6.45) is 9.12. The molecule has 0 amide bonds. The van der Waals surface area contributed by atoms with Crippen molar-refractivity contribution in [3.05, 3.63) is 65.3 Å². The molecule has 22 heavy (non-hydrogen) atoms. The van der Waals surface area contributed by atoms with Gasteiger partial charge >= 0.3 is 0 Å². The van der Waals surface area contributed by atoms with Gasteiger partial charge in [-0.05, 0) is 50.3 Å².